The summed E-state index contributed by atoms with van der Waals surface area (Å²) in [6.45, 7) is 0.590. The number of aromatic hydroxyl groups is 1. The number of hydrogen-bond acceptors (Lipinski definition) is 6. The van der Waals surface area contributed by atoms with Gasteiger partial charge >= 0.3 is 5.69 Å². The molecule has 0 aliphatic rings. The second-order valence-corrected chi connectivity index (χ2v) is 5.18. The Morgan fingerprint density at radius 3 is 2.61 bits per heavy atom. The molecule has 1 rings (SSSR count). The fourth-order valence-electron chi connectivity index (χ4n) is 1.21. The van der Waals surface area contributed by atoms with Crippen molar-refractivity contribution in [2.24, 2.45) is 0 Å². The number of likely N-dealkylation sites (N-methyl/N-ethyl adjacent to an activating group) is 1. The molecule has 0 heterocycles. The van der Waals surface area contributed by atoms with Crippen LogP contribution in [0, 0.1) is 10.1 Å². The van der Waals surface area contributed by atoms with E-state index < -0.39 is 26.4 Å². The number of sulfonamides is 1. The first-order valence-electron chi connectivity index (χ1n) is 5.00. The maximum atomic E-state index is 11.7. The lowest BCUT2D eigenvalue weighted by Crippen LogP contribution is -2.30. The molecule has 8 nitrogen and oxygen atoms in total. The molecule has 0 bridgehead atoms. The molecule has 0 saturated heterocycles. The van der Waals surface area contributed by atoms with Crippen molar-refractivity contribution < 1.29 is 18.4 Å². The van der Waals surface area contributed by atoms with Crippen molar-refractivity contribution >= 4 is 15.7 Å². The van der Waals surface area contributed by atoms with Gasteiger partial charge in [-0.05, 0) is 19.2 Å². The second kappa shape index (κ2) is 5.76. The SMILES string of the molecule is CNCCNS(=O)(=O)c1ccc(O)c([N+](=O)[O-])c1. The quantitative estimate of drug-likeness (QED) is 0.375. The highest BCUT2D eigenvalue weighted by atomic mass is 32.2. The molecule has 1 aromatic carbocycles. The number of nitro groups is 1. The Labute approximate surface area is 104 Å². The Morgan fingerprint density at radius 1 is 1.39 bits per heavy atom. The molecular weight excluding hydrogens is 262 g/mol. The monoisotopic (exact) mass is 275 g/mol. The first kappa shape index (κ1) is 14.4. The van der Waals surface area contributed by atoms with E-state index in [1.807, 2.05) is 0 Å². The number of nitrogens with one attached hydrogen (secondary N) is 2. The maximum absolute atomic E-state index is 11.7. The van der Waals surface area contributed by atoms with Crippen molar-refractivity contribution in [1.29, 1.82) is 0 Å². The van der Waals surface area contributed by atoms with Crippen LogP contribution < -0.4 is 10.0 Å². The van der Waals surface area contributed by atoms with Crippen molar-refractivity contribution in [2.75, 3.05) is 20.1 Å². The minimum atomic E-state index is -3.81. The molecule has 0 amide bonds. The van der Waals surface area contributed by atoms with Gasteiger partial charge in [0.25, 0.3) is 0 Å². The highest BCUT2D eigenvalue weighted by molar-refractivity contribution is 7.89. The van der Waals surface area contributed by atoms with Gasteiger partial charge in [0.15, 0.2) is 5.75 Å². The smallest absolute Gasteiger partial charge is 0.312 e. The van der Waals surface area contributed by atoms with Crippen LogP contribution in [0.5, 0.6) is 5.75 Å². The average Bonchev–Trinajstić information content (AvgIpc) is 2.29. The Kier molecular flexibility index (Phi) is 4.59. The molecule has 0 aromatic heterocycles. The van der Waals surface area contributed by atoms with Gasteiger partial charge in [-0.2, -0.15) is 0 Å². The largest absolute Gasteiger partial charge is 0.502 e. The van der Waals surface area contributed by atoms with Crippen LogP contribution in [0.3, 0.4) is 0 Å². The Balaban J connectivity index is 3.02. The molecule has 9 heteroatoms. The van der Waals surface area contributed by atoms with Crippen LogP contribution in [0.15, 0.2) is 23.1 Å². The van der Waals surface area contributed by atoms with Crippen LogP contribution >= 0.6 is 0 Å². The van der Waals surface area contributed by atoms with Crippen LogP contribution in [0.4, 0.5) is 5.69 Å². The second-order valence-electron chi connectivity index (χ2n) is 3.41. The average molecular weight is 275 g/mol. The van der Waals surface area contributed by atoms with E-state index in [0.29, 0.717) is 6.54 Å². The van der Waals surface area contributed by atoms with E-state index in [1.54, 1.807) is 7.05 Å². The van der Waals surface area contributed by atoms with Crippen LogP contribution in [0.1, 0.15) is 0 Å². The summed E-state index contributed by atoms with van der Waals surface area (Å²) >= 11 is 0. The number of nitro benzene ring substituents is 1. The molecular formula is C9H13N3O5S. The standard InChI is InChI=1S/C9H13N3O5S/c1-10-4-5-11-18(16,17)7-2-3-9(13)8(6-7)12(14)15/h2-3,6,10-11,13H,4-5H2,1H3. The van der Waals surface area contributed by atoms with Crippen molar-refractivity contribution in [3.8, 4) is 5.75 Å². The van der Waals surface area contributed by atoms with Crippen molar-refractivity contribution in [1.82, 2.24) is 10.0 Å². The van der Waals surface area contributed by atoms with Gasteiger partial charge in [-0.25, -0.2) is 13.1 Å². The molecule has 3 N–H and O–H groups in total. The summed E-state index contributed by atoms with van der Waals surface area (Å²) < 4.78 is 25.8. The summed E-state index contributed by atoms with van der Waals surface area (Å²) in [5.74, 6) is -0.575. The van der Waals surface area contributed by atoms with E-state index in [-0.39, 0.29) is 11.4 Å². The number of nitrogens with zero attached hydrogens (tertiary/aromatic N) is 1. The Hall–Kier alpha value is -1.71. The third kappa shape index (κ3) is 3.39. The zero-order valence-electron chi connectivity index (χ0n) is 9.58. The summed E-state index contributed by atoms with van der Waals surface area (Å²) in [6, 6.07) is 2.89. The maximum Gasteiger partial charge on any atom is 0.312 e. The van der Waals surface area contributed by atoms with Crippen molar-refractivity contribution in [3.05, 3.63) is 28.3 Å². The minimum absolute atomic E-state index is 0.160. The highest BCUT2D eigenvalue weighted by Gasteiger charge is 2.20. The predicted octanol–water partition coefficient (Wildman–Crippen LogP) is -0.202. The van der Waals surface area contributed by atoms with E-state index in [1.165, 1.54) is 0 Å². The summed E-state index contributed by atoms with van der Waals surface area (Å²) in [4.78, 5) is 9.48. The number of phenols is 1. The molecule has 1 aromatic rings. The van der Waals surface area contributed by atoms with Crippen molar-refractivity contribution in [2.45, 2.75) is 4.90 Å². The predicted molar refractivity (Wildman–Crippen MR) is 63.9 cm³/mol. The lowest BCUT2D eigenvalue weighted by atomic mass is 10.3. The highest BCUT2D eigenvalue weighted by Crippen LogP contribution is 2.27. The molecule has 0 spiro atoms. The molecule has 0 fully saturated rings. The fourth-order valence-corrected chi connectivity index (χ4v) is 2.26. The van der Waals surface area contributed by atoms with Crippen LogP contribution in [0.25, 0.3) is 0 Å². The van der Waals surface area contributed by atoms with Gasteiger partial charge in [0.05, 0.1) is 9.82 Å². The van der Waals surface area contributed by atoms with E-state index in [2.05, 4.69) is 10.0 Å². The Bertz CT molecular complexity index is 543. The zero-order valence-corrected chi connectivity index (χ0v) is 10.4. The van der Waals surface area contributed by atoms with Crippen LogP contribution in [-0.2, 0) is 10.0 Å². The summed E-state index contributed by atoms with van der Waals surface area (Å²) in [5.41, 5.74) is -0.647. The molecule has 0 aliphatic heterocycles. The molecule has 18 heavy (non-hydrogen) atoms. The first-order valence-corrected chi connectivity index (χ1v) is 6.48. The normalized spacial score (nSPS) is 11.4. The third-order valence-electron chi connectivity index (χ3n) is 2.12. The molecule has 100 valence electrons. The molecule has 0 saturated carbocycles. The van der Waals surface area contributed by atoms with Gasteiger partial charge in [-0.3, -0.25) is 10.1 Å². The third-order valence-corrected chi connectivity index (χ3v) is 3.58. The summed E-state index contributed by atoms with van der Waals surface area (Å²) in [7, 11) is -2.14. The number of benzene rings is 1. The van der Waals surface area contributed by atoms with E-state index in [9.17, 15) is 23.6 Å². The number of hydrogen-bond donors (Lipinski definition) is 3. The van der Waals surface area contributed by atoms with Gasteiger partial charge in [0.2, 0.25) is 10.0 Å². The first-order chi connectivity index (χ1) is 8.38. The zero-order chi connectivity index (χ0) is 13.8. The summed E-state index contributed by atoms with van der Waals surface area (Å²) in [6.07, 6.45) is 0. The van der Waals surface area contributed by atoms with Gasteiger partial charge in [0.1, 0.15) is 0 Å². The lowest BCUT2D eigenvalue weighted by molar-refractivity contribution is -0.386. The van der Waals surface area contributed by atoms with Crippen molar-refractivity contribution in [3.63, 3.8) is 0 Å². The van der Waals surface area contributed by atoms with Gasteiger partial charge < -0.3 is 10.4 Å². The van der Waals surface area contributed by atoms with E-state index in [0.717, 1.165) is 18.2 Å². The topological polar surface area (TPSA) is 122 Å². The van der Waals surface area contributed by atoms with Gasteiger partial charge in [0, 0.05) is 19.2 Å². The van der Waals surface area contributed by atoms with E-state index in [4.69, 9.17) is 0 Å². The minimum Gasteiger partial charge on any atom is -0.502 e. The van der Waals surface area contributed by atoms with E-state index >= 15 is 0 Å². The van der Waals surface area contributed by atoms with Crippen LogP contribution in [0.2, 0.25) is 0 Å². The molecule has 0 aliphatic carbocycles. The van der Waals surface area contributed by atoms with Crippen LogP contribution in [-0.4, -0.2) is 38.6 Å². The molecule has 0 atom stereocenters. The fraction of sp³-hybridized carbons (Fsp3) is 0.333. The number of phenolic OH excluding ortho intramolecular Hbond substituents is 1. The van der Waals surface area contributed by atoms with Gasteiger partial charge in [-0.15, -0.1) is 0 Å². The number of rotatable bonds is 6. The molecule has 0 unspecified atom stereocenters. The lowest BCUT2D eigenvalue weighted by Gasteiger charge is -2.06. The summed E-state index contributed by atoms with van der Waals surface area (Å²) in [5, 5.41) is 22.6. The van der Waals surface area contributed by atoms with Gasteiger partial charge in [-0.1, -0.05) is 0 Å². The molecule has 0 radical (unpaired) electrons. The Morgan fingerprint density at radius 2 is 2.06 bits per heavy atom.